The van der Waals surface area contributed by atoms with Crippen LogP contribution in [0.2, 0.25) is 0 Å². The molecule has 9 heteroatoms. The summed E-state index contributed by atoms with van der Waals surface area (Å²) >= 11 is 0. The number of hydrogen-bond donors (Lipinski definition) is 2. The molecule has 3 aromatic rings. The van der Waals surface area contributed by atoms with Crippen molar-refractivity contribution in [3.05, 3.63) is 47.7 Å². The van der Waals surface area contributed by atoms with Crippen LogP contribution in [0.1, 0.15) is 17.4 Å². The van der Waals surface area contributed by atoms with E-state index in [1.165, 1.54) is 0 Å². The van der Waals surface area contributed by atoms with Gasteiger partial charge in [-0.1, -0.05) is 0 Å². The normalized spacial score (nSPS) is 15.1. The summed E-state index contributed by atoms with van der Waals surface area (Å²) in [4.78, 5) is 15.7. The highest BCUT2D eigenvalue weighted by Gasteiger charge is 2.18. The fourth-order valence-electron chi connectivity index (χ4n) is 3.65. The van der Waals surface area contributed by atoms with Crippen molar-refractivity contribution >= 4 is 17.3 Å². The average Bonchev–Trinajstić information content (AvgIpc) is 3.34. The number of benzene rings is 1. The summed E-state index contributed by atoms with van der Waals surface area (Å²) in [5, 5.41) is 11.2. The van der Waals surface area contributed by atoms with Crippen LogP contribution in [0.25, 0.3) is 11.5 Å². The van der Waals surface area contributed by atoms with Gasteiger partial charge < -0.3 is 28.7 Å². The first-order valence-corrected chi connectivity index (χ1v) is 10.4. The molecule has 0 bridgehead atoms. The topological polar surface area (TPSA) is 98.1 Å². The molecule has 164 valence electrons. The van der Waals surface area contributed by atoms with Gasteiger partial charge in [0.2, 0.25) is 0 Å². The Morgan fingerprint density at radius 1 is 1.13 bits per heavy atom. The highest BCUT2D eigenvalue weighted by molar-refractivity contribution is 5.91. The monoisotopic (exact) mass is 426 g/mol. The fourth-order valence-corrected chi connectivity index (χ4v) is 3.65. The first-order valence-electron chi connectivity index (χ1n) is 10.4. The van der Waals surface area contributed by atoms with Crippen molar-refractivity contribution in [1.82, 2.24) is 10.2 Å². The molecule has 1 unspecified atom stereocenters. The molecule has 2 aromatic heterocycles. The van der Waals surface area contributed by atoms with Crippen LogP contribution in [0.5, 0.6) is 0 Å². The number of rotatable bonds is 7. The van der Waals surface area contributed by atoms with Crippen molar-refractivity contribution in [1.29, 1.82) is 0 Å². The SMILES string of the molecule is Cc1cc(-c2nnc(C[NH+](C)CC(=O)Nc3ccc(N4CCOCC4)cc3)o2)c(C)o1. The Labute approximate surface area is 181 Å². The molecule has 0 aliphatic carbocycles. The highest BCUT2D eigenvalue weighted by atomic mass is 16.5. The Morgan fingerprint density at radius 3 is 2.55 bits per heavy atom. The number of aryl methyl sites for hydroxylation is 2. The summed E-state index contributed by atoms with van der Waals surface area (Å²) < 4.78 is 16.7. The van der Waals surface area contributed by atoms with Crippen LogP contribution in [-0.2, 0) is 16.1 Å². The maximum absolute atomic E-state index is 12.4. The number of carbonyl (C=O) groups excluding carboxylic acids is 1. The number of carbonyl (C=O) groups is 1. The maximum Gasteiger partial charge on any atom is 0.279 e. The highest BCUT2D eigenvalue weighted by Crippen LogP contribution is 2.25. The molecule has 0 saturated carbocycles. The first-order chi connectivity index (χ1) is 15.0. The van der Waals surface area contributed by atoms with Gasteiger partial charge in [-0.05, 0) is 44.2 Å². The predicted molar refractivity (Wildman–Crippen MR) is 115 cm³/mol. The van der Waals surface area contributed by atoms with Crippen molar-refractivity contribution < 1.29 is 23.3 Å². The van der Waals surface area contributed by atoms with Crippen molar-refractivity contribution in [2.24, 2.45) is 0 Å². The van der Waals surface area contributed by atoms with Crippen LogP contribution in [0.3, 0.4) is 0 Å². The van der Waals surface area contributed by atoms with Crippen molar-refractivity contribution in [3.8, 4) is 11.5 Å². The smallest absolute Gasteiger partial charge is 0.279 e. The molecule has 1 aromatic carbocycles. The van der Waals surface area contributed by atoms with Crippen LogP contribution in [0.4, 0.5) is 11.4 Å². The van der Waals surface area contributed by atoms with Gasteiger partial charge in [0.1, 0.15) is 11.5 Å². The molecule has 1 atom stereocenters. The molecule has 31 heavy (non-hydrogen) atoms. The minimum atomic E-state index is -0.0716. The summed E-state index contributed by atoms with van der Waals surface area (Å²) in [6.07, 6.45) is 0. The molecule has 0 spiro atoms. The lowest BCUT2D eigenvalue weighted by molar-refractivity contribution is -0.886. The number of ether oxygens (including phenoxy) is 1. The van der Waals surface area contributed by atoms with Crippen molar-refractivity contribution in [2.75, 3.05) is 50.1 Å². The number of likely N-dealkylation sites (N-methyl/N-ethyl adjacent to an activating group) is 1. The van der Waals surface area contributed by atoms with Gasteiger partial charge in [0, 0.05) is 24.5 Å². The van der Waals surface area contributed by atoms with Crippen LogP contribution >= 0.6 is 0 Å². The number of quaternary nitrogens is 1. The van der Waals surface area contributed by atoms with Crippen LogP contribution < -0.4 is 15.1 Å². The van der Waals surface area contributed by atoms with Gasteiger partial charge in [-0.25, -0.2) is 0 Å². The number of anilines is 2. The van der Waals surface area contributed by atoms with Crippen LogP contribution in [0.15, 0.2) is 39.2 Å². The maximum atomic E-state index is 12.4. The molecular formula is C22H28N5O4+. The van der Waals surface area contributed by atoms with Crippen LogP contribution in [0, 0.1) is 13.8 Å². The Kier molecular flexibility index (Phi) is 6.34. The van der Waals surface area contributed by atoms with Gasteiger partial charge in [0.25, 0.3) is 17.7 Å². The standard InChI is InChI=1S/C22H27N5O4/c1-15-12-19(16(2)30-15)22-25-24-21(31-22)14-26(3)13-20(28)23-17-4-6-18(7-5-17)27-8-10-29-11-9-27/h4-7,12H,8-11,13-14H2,1-3H3,(H,23,28)/p+1. The lowest BCUT2D eigenvalue weighted by Crippen LogP contribution is -3.08. The van der Waals surface area contributed by atoms with E-state index in [9.17, 15) is 4.79 Å². The van der Waals surface area contributed by atoms with Crippen molar-refractivity contribution in [2.45, 2.75) is 20.4 Å². The van der Waals surface area contributed by atoms with Gasteiger partial charge in [-0.2, -0.15) is 0 Å². The number of morpholine rings is 1. The average molecular weight is 426 g/mol. The summed E-state index contributed by atoms with van der Waals surface area (Å²) in [6, 6.07) is 9.78. The summed E-state index contributed by atoms with van der Waals surface area (Å²) in [5.41, 5.74) is 2.71. The molecule has 9 nitrogen and oxygen atoms in total. The second-order valence-corrected chi connectivity index (χ2v) is 7.83. The summed E-state index contributed by atoms with van der Waals surface area (Å²) in [7, 11) is 1.91. The van der Waals surface area contributed by atoms with E-state index in [0.717, 1.165) is 59.7 Å². The largest absolute Gasteiger partial charge is 0.466 e. The number of hydrogen-bond acceptors (Lipinski definition) is 7. The molecule has 4 rings (SSSR count). The summed E-state index contributed by atoms with van der Waals surface area (Å²) in [6.45, 7) is 7.74. The quantitative estimate of drug-likeness (QED) is 0.590. The molecule has 1 fully saturated rings. The lowest BCUT2D eigenvalue weighted by atomic mass is 10.2. The van der Waals surface area contributed by atoms with E-state index in [4.69, 9.17) is 13.6 Å². The Bertz CT molecular complexity index is 1020. The predicted octanol–water partition coefficient (Wildman–Crippen LogP) is 1.44. The molecule has 3 heterocycles. The van der Waals surface area contributed by atoms with Gasteiger partial charge in [0.15, 0.2) is 13.1 Å². The Balaban J connectivity index is 1.28. The molecule has 1 aliphatic heterocycles. The van der Waals surface area contributed by atoms with E-state index in [1.54, 1.807) is 0 Å². The molecule has 1 amide bonds. The van der Waals surface area contributed by atoms with Gasteiger partial charge in [0.05, 0.1) is 25.8 Å². The fraction of sp³-hybridized carbons (Fsp3) is 0.409. The number of aromatic nitrogens is 2. The molecule has 0 radical (unpaired) electrons. The van der Waals surface area contributed by atoms with E-state index in [-0.39, 0.29) is 12.5 Å². The van der Waals surface area contributed by atoms with E-state index in [1.807, 2.05) is 51.2 Å². The van der Waals surface area contributed by atoms with E-state index < -0.39 is 0 Å². The Morgan fingerprint density at radius 2 is 1.87 bits per heavy atom. The van der Waals surface area contributed by atoms with E-state index >= 15 is 0 Å². The number of furan rings is 1. The Hall–Kier alpha value is -3.17. The molecular weight excluding hydrogens is 398 g/mol. The van der Waals surface area contributed by atoms with Gasteiger partial charge >= 0.3 is 0 Å². The minimum Gasteiger partial charge on any atom is -0.466 e. The van der Waals surface area contributed by atoms with Gasteiger partial charge in [-0.3, -0.25) is 4.79 Å². The second-order valence-electron chi connectivity index (χ2n) is 7.83. The third-order valence-electron chi connectivity index (χ3n) is 5.18. The number of nitrogens with one attached hydrogen (secondary N) is 2. The van der Waals surface area contributed by atoms with Crippen LogP contribution in [-0.4, -0.2) is 56.0 Å². The molecule has 1 aliphatic rings. The van der Waals surface area contributed by atoms with E-state index in [0.29, 0.717) is 18.3 Å². The minimum absolute atomic E-state index is 0.0716. The van der Waals surface area contributed by atoms with E-state index in [2.05, 4.69) is 20.4 Å². The zero-order valence-corrected chi connectivity index (χ0v) is 18.1. The number of amides is 1. The molecule has 2 N–H and O–H groups in total. The third kappa shape index (κ3) is 5.31. The first kappa shape index (κ1) is 21.1. The summed E-state index contributed by atoms with van der Waals surface area (Å²) in [5.74, 6) is 2.38. The zero-order valence-electron chi connectivity index (χ0n) is 18.1. The zero-order chi connectivity index (χ0) is 21.8. The molecule has 1 saturated heterocycles. The second kappa shape index (κ2) is 9.32. The third-order valence-corrected chi connectivity index (χ3v) is 5.18. The van der Waals surface area contributed by atoms with Gasteiger partial charge in [-0.15, -0.1) is 10.2 Å². The van der Waals surface area contributed by atoms with Crippen molar-refractivity contribution in [3.63, 3.8) is 0 Å². The number of nitrogens with zero attached hydrogens (tertiary/aromatic N) is 3. The lowest BCUT2D eigenvalue weighted by Gasteiger charge is -2.28.